The van der Waals surface area contributed by atoms with Gasteiger partial charge in [-0.05, 0) is 19.3 Å². The summed E-state index contributed by atoms with van der Waals surface area (Å²) in [6, 6.07) is -0.292. The van der Waals surface area contributed by atoms with E-state index in [1.54, 1.807) is 0 Å². The highest BCUT2D eigenvalue weighted by Crippen LogP contribution is 2.16. The van der Waals surface area contributed by atoms with E-state index in [1.165, 1.54) is 4.90 Å². The van der Waals surface area contributed by atoms with Gasteiger partial charge in [0.2, 0.25) is 5.91 Å². The first-order valence-corrected chi connectivity index (χ1v) is 7.06. The number of piperidine rings is 1. The minimum Gasteiger partial charge on any atom is -0.481 e. The molecule has 0 aromatic carbocycles. The molecule has 0 saturated carbocycles. The molecule has 1 rings (SSSR count). The molecule has 0 aromatic heterocycles. The molecule has 1 atom stereocenters. The van der Waals surface area contributed by atoms with E-state index in [1.807, 2.05) is 6.92 Å². The predicted octanol–water partition coefficient (Wildman–Crippen LogP) is 0.409. The van der Waals surface area contributed by atoms with E-state index in [4.69, 9.17) is 5.11 Å². The minimum absolute atomic E-state index is 0.0887. The number of carboxylic acids is 1. The first-order chi connectivity index (χ1) is 9.54. The van der Waals surface area contributed by atoms with Gasteiger partial charge >= 0.3 is 12.0 Å². The fraction of sp³-hybridized carbons (Fsp3) is 0.769. The molecule has 1 aliphatic rings. The molecule has 0 aliphatic carbocycles. The van der Waals surface area contributed by atoms with E-state index < -0.39 is 11.9 Å². The van der Waals surface area contributed by atoms with E-state index in [0.29, 0.717) is 25.9 Å². The Bertz CT molecular complexity index is 360. The normalized spacial score (nSPS) is 18.4. The van der Waals surface area contributed by atoms with Gasteiger partial charge in [0.1, 0.15) is 0 Å². The van der Waals surface area contributed by atoms with Crippen molar-refractivity contribution in [2.24, 2.45) is 5.92 Å². The molecule has 7 heteroatoms. The number of hydrogen-bond acceptors (Lipinski definition) is 3. The standard InChI is InChI=1S/C13H23N3O4/c1-2-6-14-11(17)5-7-15-13(20)16-8-3-4-10(9-16)12(18)19/h10H,2-9H2,1H3,(H,14,17)(H,15,20)(H,18,19)/t10-/m0/s1. The Morgan fingerprint density at radius 3 is 2.65 bits per heavy atom. The van der Waals surface area contributed by atoms with Crippen LogP contribution in [0.4, 0.5) is 4.79 Å². The van der Waals surface area contributed by atoms with Crippen molar-refractivity contribution in [3.05, 3.63) is 0 Å². The van der Waals surface area contributed by atoms with Crippen molar-refractivity contribution in [1.82, 2.24) is 15.5 Å². The number of likely N-dealkylation sites (tertiary alicyclic amines) is 1. The number of rotatable bonds is 6. The fourth-order valence-corrected chi connectivity index (χ4v) is 2.11. The molecule has 1 fully saturated rings. The summed E-state index contributed by atoms with van der Waals surface area (Å²) < 4.78 is 0. The first-order valence-electron chi connectivity index (χ1n) is 7.06. The molecular formula is C13H23N3O4. The molecule has 0 unspecified atom stereocenters. The number of urea groups is 1. The van der Waals surface area contributed by atoms with Crippen molar-refractivity contribution in [2.75, 3.05) is 26.2 Å². The zero-order chi connectivity index (χ0) is 15.0. The van der Waals surface area contributed by atoms with Crippen LogP contribution in [0.1, 0.15) is 32.6 Å². The van der Waals surface area contributed by atoms with Crippen LogP contribution in [0.15, 0.2) is 0 Å². The highest BCUT2D eigenvalue weighted by atomic mass is 16.4. The molecule has 114 valence electrons. The molecule has 0 spiro atoms. The Kier molecular flexibility index (Phi) is 6.83. The van der Waals surface area contributed by atoms with Crippen LogP contribution in [0.25, 0.3) is 0 Å². The number of carboxylic acid groups (broad SMARTS) is 1. The number of amides is 3. The van der Waals surface area contributed by atoms with Gasteiger partial charge in [0.15, 0.2) is 0 Å². The van der Waals surface area contributed by atoms with Crippen LogP contribution in [0.5, 0.6) is 0 Å². The Labute approximate surface area is 118 Å². The second-order valence-electron chi connectivity index (χ2n) is 4.96. The van der Waals surface area contributed by atoms with Crippen molar-refractivity contribution < 1.29 is 19.5 Å². The van der Waals surface area contributed by atoms with Gasteiger partial charge in [0.25, 0.3) is 0 Å². The maximum absolute atomic E-state index is 11.9. The van der Waals surface area contributed by atoms with Crippen molar-refractivity contribution in [3.63, 3.8) is 0 Å². The summed E-state index contributed by atoms with van der Waals surface area (Å²) in [5.41, 5.74) is 0. The van der Waals surface area contributed by atoms with E-state index in [2.05, 4.69) is 10.6 Å². The molecule has 1 aliphatic heterocycles. The average Bonchev–Trinajstić information content (AvgIpc) is 2.45. The van der Waals surface area contributed by atoms with Gasteiger partial charge < -0.3 is 20.6 Å². The summed E-state index contributed by atoms with van der Waals surface area (Å²) in [6.45, 7) is 3.68. The summed E-state index contributed by atoms with van der Waals surface area (Å²) >= 11 is 0. The Balaban J connectivity index is 2.25. The van der Waals surface area contributed by atoms with Crippen LogP contribution in [-0.2, 0) is 9.59 Å². The molecule has 3 amide bonds. The maximum atomic E-state index is 11.9. The lowest BCUT2D eigenvalue weighted by Gasteiger charge is -2.30. The zero-order valence-electron chi connectivity index (χ0n) is 11.9. The van der Waals surface area contributed by atoms with Crippen molar-refractivity contribution in [1.29, 1.82) is 0 Å². The molecular weight excluding hydrogens is 262 g/mol. The van der Waals surface area contributed by atoms with Gasteiger partial charge in [0, 0.05) is 32.6 Å². The molecule has 20 heavy (non-hydrogen) atoms. The molecule has 0 radical (unpaired) electrons. The van der Waals surface area contributed by atoms with Crippen LogP contribution < -0.4 is 10.6 Å². The van der Waals surface area contributed by atoms with Crippen molar-refractivity contribution in [2.45, 2.75) is 32.6 Å². The molecule has 3 N–H and O–H groups in total. The van der Waals surface area contributed by atoms with Gasteiger partial charge in [-0.3, -0.25) is 9.59 Å². The maximum Gasteiger partial charge on any atom is 0.317 e. The number of carbonyl (C=O) groups excluding carboxylic acids is 2. The minimum atomic E-state index is -0.860. The highest BCUT2D eigenvalue weighted by molar-refractivity contribution is 5.79. The van der Waals surface area contributed by atoms with Gasteiger partial charge in [-0.15, -0.1) is 0 Å². The van der Waals surface area contributed by atoms with Crippen LogP contribution in [0, 0.1) is 5.92 Å². The largest absolute Gasteiger partial charge is 0.481 e. The third-order valence-corrected chi connectivity index (χ3v) is 3.26. The first kappa shape index (κ1) is 16.3. The Morgan fingerprint density at radius 2 is 2.00 bits per heavy atom. The summed E-state index contributed by atoms with van der Waals surface area (Å²) in [6.07, 6.45) is 2.42. The Hall–Kier alpha value is -1.79. The van der Waals surface area contributed by atoms with Gasteiger partial charge in [-0.1, -0.05) is 6.92 Å². The number of nitrogens with one attached hydrogen (secondary N) is 2. The van der Waals surface area contributed by atoms with E-state index in [9.17, 15) is 14.4 Å². The predicted molar refractivity (Wildman–Crippen MR) is 73.2 cm³/mol. The lowest BCUT2D eigenvalue weighted by atomic mass is 9.99. The lowest BCUT2D eigenvalue weighted by molar-refractivity contribution is -0.143. The number of hydrogen-bond donors (Lipinski definition) is 3. The average molecular weight is 285 g/mol. The van der Waals surface area contributed by atoms with E-state index in [0.717, 1.165) is 6.42 Å². The molecule has 0 aromatic rings. The van der Waals surface area contributed by atoms with Crippen LogP contribution >= 0.6 is 0 Å². The lowest BCUT2D eigenvalue weighted by Crippen LogP contribution is -2.47. The second kappa shape index (κ2) is 8.39. The summed E-state index contributed by atoms with van der Waals surface area (Å²) in [4.78, 5) is 35.6. The molecule has 1 saturated heterocycles. The van der Waals surface area contributed by atoms with Crippen LogP contribution in [0.2, 0.25) is 0 Å². The monoisotopic (exact) mass is 285 g/mol. The van der Waals surface area contributed by atoms with Crippen LogP contribution in [0.3, 0.4) is 0 Å². The van der Waals surface area contributed by atoms with Crippen molar-refractivity contribution in [3.8, 4) is 0 Å². The molecule has 7 nitrogen and oxygen atoms in total. The van der Waals surface area contributed by atoms with Gasteiger partial charge in [0.05, 0.1) is 5.92 Å². The summed E-state index contributed by atoms with van der Waals surface area (Å²) in [5, 5.41) is 14.3. The van der Waals surface area contributed by atoms with Gasteiger partial charge in [-0.2, -0.15) is 0 Å². The SMILES string of the molecule is CCCNC(=O)CCNC(=O)N1CCC[C@H](C(=O)O)C1. The number of carbonyl (C=O) groups is 3. The number of nitrogens with zero attached hydrogens (tertiary/aromatic N) is 1. The topological polar surface area (TPSA) is 98.7 Å². The summed E-state index contributed by atoms with van der Waals surface area (Å²) in [5.74, 6) is -1.43. The van der Waals surface area contributed by atoms with Gasteiger partial charge in [-0.25, -0.2) is 4.79 Å². The van der Waals surface area contributed by atoms with Crippen LogP contribution in [-0.4, -0.2) is 54.1 Å². The quantitative estimate of drug-likeness (QED) is 0.658. The highest BCUT2D eigenvalue weighted by Gasteiger charge is 2.27. The Morgan fingerprint density at radius 1 is 1.25 bits per heavy atom. The third kappa shape index (κ3) is 5.46. The van der Waals surface area contributed by atoms with E-state index in [-0.39, 0.29) is 31.4 Å². The molecule has 0 bridgehead atoms. The summed E-state index contributed by atoms with van der Waals surface area (Å²) in [7, 11) is 0. The molecule has 1 heterocycles. The number of aliphatic carboxylic acids is 1. The second-order valence-corrected chi connectivity index (χ2v) is 4.96. The third-order valence-electron chi connectivity index (χ3n) is 3.26. The van der Waals surface area contributed by atoms with Crippen molar-refractivity contribution >= 4 is 17.9 Å². The zero-order valence-corrected chi connectivity index (χ0v) is 11.9. The van der Waals surface area contributed by atoms with E-state index >= 15 is 0 Å². The fourth-order valence-electron chi connectivity index (χ4n) is 2.11. The smallest absolute Gasteiger partial charge is 0.317 e.